The Morgan fingerprint density at radius 1 is 1.24 bits per heavy atom. The molecule has 1 aromatic carbocycles. The molecule has 0 bridgehead atoms. The second-order valence-electron chi connectivity index (χ2n) is 6.70. The maximum Gasteiger partial charge on any atom is 0.270 e. The number of nitrogens with one attached hydrogen (secondary N) is 1. The zero-order valence-electron chi connectivity index (χ0n) is 14.6. The molecule has 0 radical (unpaired) electrons. The molecule has 25 heavy (non-hydrogen) atoms. The van der Waals surface area contributed by atoms with E-state index in [0.29, 0.717) is 5.69 Å². The zero-order chi connectivity index (χ0) is 17.6. The lowest BCUT2D eigenvalue weighted by atomic mass is 9.91. The molecular weight excluding hydrogens is 314 g/mol. The monoisotopic (exact) mass is 339 g/mol. The molecule has 2 aromatic rings. The number of benzene rings is 1. The van der Waals surface area contributed by atoms with E-state index in [0.717, 1.165) is 31.7 Å². The van der Waals surface area contributed by atoms with E-state index in [1.54, 1.807) is 6.07 Å². The molecule has 0 aliphatic carbocycles. The summed E-state index contributed by atoms with van der Waals surface area (Å²) in [6.45, 7) is 4.47. The summed E-state index contributed by atoms with van der Waals surface area (Å²) >= 11 is 0. The molecule has 5 nitrogen and oxygen atoms in total. The third-order valence-electron chi connectivity index (χ3n) is 4.76. The van der Waals surface area contributed by atoms with E-state index in [1.807, 2.05) is 37.3 Å². The first-order chi connectivity index (χ1) is 12.2. The van der Waals surface area contributed by atoms with Gasteiger partial charge in [0.05, 0.1) is 0 Å². The molecule has 1 fully saturated rings. The van der Waals surface area contributed by atoms with Gasteiger partial charge < -0.3 is 10.4 Å². The average molecular weight is 339 g/mol. The van der Waals surface area contributed by atoms with Crippen molar-refractivity contribution in [1.82, 2.24) is 15.2 Å². The Labute approximate surface area is 148 Å². The predicted molar refractivity (Wildman–Crippen MR) is 97.1 cm³/mol. The summed E-state index contributed by atoms with van der Waals surface area (Å²) < 4.78 is 0. The van der Waals surface area contributed by atoms with Gasteiger partial charge in [-0.25, -0.2) is 4.98 Å². The quantitative estimate of drug-likeness (QED) is 0.874. The van der Waals surface area contributed by atoms with Gasteiger partial charge >= 0.3 is 0 Å². The number of aromatic nitrogens is 1. The minimum atomic E-state index is -0.172. The van der Waals surface area contributed by atoms with E-state index in [-0.39, 0.29) is 24.5 Å². The molecule has 0 spiro atoms. The van der Waals surface area contributed by atoms with Crippen LogP contribution in [0.15, 0.2) is 48.5 Å². The van der Waals surface area contributed by atoms with Crippen molar-refractivity contribution in [2.24, 2.45) is 5.92 Å². The van der Waals surface area contributed by atoms with Gasteiger partial charge in [-0.05, 0) is 37.6 Å². The summed E-state index contributed by atoms with van der Waals surface area (Å²) in [5.41, 5.74) is 2.51. The first kappa shape index (κ1) is 17.6. The number of piperidine rings is 1. The summed E-state index contributed by atoms with van der Waals surface area (Å²) in [5.74, 6) is -0.0884. The zero-order valence-corrected chi connectivity index (χ0v) is 14.6. The number of carbonyl (C=O) groups is 1. The molecule has 1 aromatic heterocycles. The number of hydrogen-bond acceptors (Lipinski definition) is 4. The van der Waals surface area contributed by atoms with Gasteiger partial charge in [-0.3, -0.25) is 9.69 Å². The van der Waals surface area contributed by atoms with Crippen LogP contribution in [0.5, 0.6) is 0 Å². The van der Waals surface area contributed by atoms with Gasteiger partial charge in [-0.2, -0.15) is 0 Å². The summed E-state index contributed by atoms with van der Waals surface area (Å²) in [4.78, 5) is 19.1. The minimum absolute atomic E-state index is 0.0720. The van der Waals surface area contributed by atoms with Crippen LogP contribution in [-0.2, 0) is 6.54 Å². The first-order valence-electron chi connectivity index (χ1n) is 8.77. The van der Waals surface area contributed by atoms with Crippen molar-refractivity contribution in [1.29, 1.82) is 0 Å². The van der Waals surface area contributed by atoms with Gasteiger partial charge in [0.15, 0.2) is 0 Å². The van der Waals surface area contributed by atoms with Gasteiger partial charge in [0.25, 0.3) is 5.91 Å². The maximum absolute atomic E-state index is 12.5. The fourth-order valence-electron chi connectivity index (χ4n) is 3.35. The van der Waals surface area contributed by atoms with Crippen LogP contribution in [0, 0.1) is 12.8 Å². The van der Waals surface area contributed by atoms with Gasteiger partial charge in [0.2, 0.25) is 0 Å². The molecule has 1 aliphatic rings. The second-order valence-corrected chi connectivity index (χ2v) is 6.70. The lowest BCUT2D eigenvalue weighted by Gasteiger charge is -2.38. The summed E-state index contributed by atoms with van der Waals surface area (Å²) in [7, 11) is 0. The molecular formula is C20H25N3O2. The van der Waals surface area contributed by atoms with Gasteiger partial charge in [0, 0.05) is 37.4 Å². The van der Waals surface area contributed by atoms with Crippen molar-refractivity contribution in [3.05, 3.63) is 65.5 Å². The van der Waals surface area contributed by atoms with Crippen LogP contribution in [0.3, 0.4) is 0 Å². The SMILES string of the molecule is Cc1cccc(C(=O)NC2CN(Cc3ccccc3)CCC2CO)n1. The van der Waals surface area contributed by atoms with Crippen LogP contribution in [0.25, 0.3) is 0 Å². The Bertz CT molecular complexity index is 705. The van der Waals surface area contributed by atoms with Crippen LogP contribution in [0.4, 0.5) is 0 Å². The fraction of sp³-hybridized carbons (Fsp3) is 0.400. The number of carbonyl (C=O) groups excluding carboxylic acids is 1. The third-order valence-corrected chi connectivity index (χ3v) is 4.76. The van der Waals surface area contributed by atoms with Crippen LogP contribution in [0.2, 0.25) is 0 Å². The van der Waals surface area contributed by atoms with Crippen molar-refractivity contribution in [2.75, 3.05) is 19.7 Å². The Kier molecular flexibility index (Phi) is 5.79. The van der Waals surface area contributed by atoms with Gasteiger partial charge in [0.1, 0.15) is 5.69 Å². The molecule has 2 atom stereocenters. The van der Waals surface area contributed by atoms with E-state index >= 15 is 0 Å². The molecule has 2 heterocycles. The number of aliphatic hydroxyl groups is 1. The second kappa shape index (κ2) is 8.23. The molecule has 1 amide bonds. The maximum atomic E-state index is 12.5. The van der Waals surface area contributed by atoms with E-state index in [9.17, 15) is 9.90 Å². The molecule has 0 saturated carbocycles. The number of hydrogen-bond donors (Lipinski definition) is 2. The highest BCUT2D eigenvalue weighted by atomic mass is 16.3. The van der Waals surface area contributed by atoms with Crippen LogP contribution in [0.1, 0.15) is 28.2 Å². The summed E-state index contributed by atoms with van der Waals surface area (Å²) in [6.07, 6.45) is 0.871. The Hall–Kier alpha value is -2.24. The lowest BCUT2D eigenvalue weighted by molar-refractivity contribution is 0.0727. The molecule has 132 valence electrons. The molecule has 5 heteroatoms. The first-order valence-corrected chi connectivity index (χ1v) is 8.77. The molecule has 2 N–H and O–H groups in total. The number of aliphatic hydroxyl groups excluding tert-OH is 1. The van der Waals surface area contributed by atoms with Gasteiger partial charge in [-0.15, -0.1) is 0 Å². The number of nitrogens with zero attached hydrogens (tertiary/aromatic N) is 2. The Balaban J connectivity index is 1.65. The summed E-state index contributed by atoms with van der Waals surface area (Å²) in [5, 5.41) is 12.8. The Morgan fingerprint density at radius 2 is 2.04 bits per heavy atom. The van der Waals surface area contributed by atoms with E-state index < -0.39 is 0 Å². The summed E-state index contributed by atoms with van der Waals surface area (Å²) in [6, 6.07) is 15.7. The number of pyridine rings is 1. The lowest BCUT2D eigenvalue weighted by Crippen LogP contribution is -2.53. The standard InChI is InChI=1S/C20H25N3O2/c1-15-6-5-9-18(21-15)20(25)22-19-13-23(11-10-17(19)14-24)12-16-7-3-2-4-8-16/h2-9,17,19,24H,10-14H2,1H3,(H,22,25). The number of aryl methyl sites for hydroxylation is 1. The van der Waals surface area contributed by atoms with Crippen molar-refractivity contribution >= 4 is 5.91 Å². The van der Waals surface area contributed by atoms with Crippen molar-refractivity contribution < 1.29 is 9.90 Å². The van der Waals surface area contributed by atoms with Gasteiger partial charge in [-0.1, -0.05) is 36.4 Å². The highest BCUT2D eigenvalue weighted by Gasteiger charge is 2.30. The van der Waals surface area contributed by atoms with E-state index in [1.165, 1.54) is 5.56 Å². The molecule has 3 rings (SSSR count). The normalized spacial score (nSPS) is 21.0. The van der Waals surface area contributed by atoms with E-state index in [4.69, 9.17) is 0 Å². The smallest absolute Gasteiger partial charge is 0.270 e. The van der Waals surface area contributed by atoms with Crippen molar-refractivity contribution in [2.45, 2.75) is 25.9 Å². The molecule has 1 aliphatic heterocycles. The molecule has 1 saturated heterocycles. The third kappa shape index (κ3) is 4.65. The Morgan fingerprint density at radius 3 is 2.76 bits per heavy atom. The van der Waals surface area contributed by atoms with Crippen LogP contribution >= 0.6 is 0 Å². The van der Waals surface area contributed by atoms with Crippen molar-refractivity contribution in [3.8, 4) is 0 Å². The number of amides is 1. The fourth-order valence-corrected chi connectivity index (χ4v) is 3.35. The van der Waals surface area contributed by atoms with Crippen LogP contribution in [-0.4, -0.2) is 46.6 Å². The van der Waals surface area contributed by atoms with Crippen molar-refractivity contribution in [3.63, 3.8) is 0 Å². The minimum Gasteiger partial charge on any atom is -0.396 e. The van der Waals surface area contributed by atoms with E-state index in [2.05, 4.69) is 27.3 Å². The highest BCUT2D eigenvalue weighted by molar-refractivity contribution is 5.92. The highest BCUT2D eigenvalue weighted by Crippen LogP contribution is 2.20. The largest absolute Gasteiger partial charge is 0.396 e. The molecule has 2 unspecified atom stereocenters. The number of likely N-dealkylation sites (tertiary alicyclic amines) is 1. The average Bonchev–Trinajstić information content (AvgIpc) is 2.63. The predicted octanol–water partition coefficient (Wildman–Crippen LogP) is 2.00. The van der Waals surface area contributed by atoms with Crippen LogP contribution < -0.4 is 5.32 Å². The number of rotatable bonds is 5. The topological polar surface area (TPSA) is 65.5 Å².